The summed E-state index contributed by atoms with van der Waals surface area (Å²) in [5, 5.41) is 0. The van der Waals surface area contributed by atoms with E-state index in [1.165, 1.54) is 6.92 Å². The molecular weight excluding hydrogens is 284 g/mol. The maximum absolute atomic E-state index is 11.9. The van der Waals surface area contributed by atoms with Crippen LogP contribution in [0.3, 0.4) is 0 Å². The number of allylic oxidation sites excluding steroid dienone is 1. The van der Waals surface area contributed by atoms with Crippen molar-refractivity contribution >= 4 is 11.9 Å². The topological polar surface area (TPSA) is 65.1 Å². The summed E-state index contributed by atoms with van der Waals surface area (Å²) in [5.41, 5.74) is 1.22. The number of epoxide rings is 1. The first-order valence-corrected chi connectivity index (χ1v) is 7.73. The summed E-state index contributed by atoms with van der Waals surface area (Å²) in [7, 11) is 0. The Bertz CT molecular complexity index is 563. The molecule has 0 aromatic rings. The summed E-state index contributed by atoms with van der Waals surface area (Å²) in [4.78, 5) is 23.3. The molecular formula is C17H22O5. The van der Waals surface area contributed by atoms with E-state index in [0.29, 0.717) is 12.0 Å². The third-order valence-electron chi connectivity index (χ3n) is 4.98. The van der Waals surface area contributed by atoms with Crippen molar-refractivity contribution in [3.05, 3.63) is 23.8 Å². The van der Waals surface area contributed by atoms with E-state index in [4.69, 9.17) is 14.2 Å². The number of hydrogen-bond acceptors (Lipinski definition) is 5. The van der Waals surface area contributed by atoms with Crippen LogP contribution in [0.2, 0.25) is 0 Å². The summed E-state index contributed by atoms with van der Waals surface area (Å²) in [6, 6.07) is 0. The van der Waals surface area contributed by atoms with E-state index < -0.39 is 0 Å². The van der Waals surface area contributed by atoms with E-state index >= 15 is 0 Å². The highest BCUT2D eigenvalue weighted by Crippen LogP contribution is 2.50. The van der Waals surface area contributed by atoms with Gasteiger partial charge in [-0.2, -0.15) is 0 Å². The average Bonchev–Trinajstić information content (AvgIpc) is 3.02. The quantitative estimate of drug-likeness (QED) is 0.322. The number of hydrogen-bond donors (Lipinski definition) is 0. The fraction of sp³-hybridized carbons (Fsp3) is 0.647. The molecule has 3 rings (SSSR count). The number of fused-ring (bicyclic) bond motifs is 3. The maximum Gasteiger partial charge on any atom is 0.334 e. The molecule has 2 aliphatic heterocycles. The fourth-order valence-corrected chi connectivity index (χ4v) is 3.53. The van der Waals surface area contributed by atoms with Crippen LogP contribution < -0.4 is 0 Å². The minimum atomic E-state index is -0.365. The van der Waals surface area contributed by atoms with Crippen LogP contribution in [0.5, 0.6) is 0 Å². The van der Waals surface area contributed by atoms with Crippen LogP contribution in [0.1, 0.15) is 40.0 Å². The SMILES string of the molecule is C=C1C(=O)O[C@H]2C1C[C@@H](OC(C)=O)C(C)=CCC[C@@]1(C)O[C@H]21. The number of esters is 2. The van der Waals surface area contributed by atoms with Gasteiger partial charge in [0.25, 0.3) is 0 Å². The van der Waals surface area contributed by atoms with Crippen LogP contribution in [-0.2, 0) is 23.8 Å². The van der Waals surface area contributed by atoms with E-state index in [-0.39, 0.29) is 41.8 Å². The summed E-state index contributed by atoms with van der Waals surface area (Å²) in [6.07, 6.45) is 3.54. The van der Waals surface area contributed by atoms with E-state index in [1.54, 1.807) is 0 Å². The summed E-state index contributed by atoms with van der Waals surface area (Å²) in [6.45, 7) is 9.28. The van der Waals surface area contributed by atoms with Crippen molar-refractivity contribution in [2.45, 2.75) is 63.9 Å². The Balaban J connectivity index is 1.91. The molecule has 3 aliphatic rings. The van der Waals surface area contributed by atoms with Gasteiger partial charge < -0.3 is 14.2 Å². The van der Waals surface area contributed by atoms with Crippen molar-refractivity contribution in [3.63, 3.8) is 0 Å². The van der Waals surface area contributed by atoms with Gasteiger partial charge in [0, 0.05) is 18.4 Å². The second-order valence-electron chi connectivity index (χ2n) is 6.67. The molecule has 0 aromatic heterocycles. The molecule has 0 amide bonds. The van der Waals surface area contributed by atoms with Crippen LogP contribution in [-0.4, -0.2) is 35.9 Å². The van der Waals surface area contributed by atoms with Gasteiger partial charge >= 0.3 is 11.9 Å². The Kier molecular flexibility index (Phi) is 3.63. The molecule has 0 aromatic carbocycles. The molecule has 22 heavy (non-hydrogen) atoms. The molecule has 5 nitrogen and oxygen atoms in total. The van der Waals surface area contributed by atoms with Crippen molar-refractivity contribution in [3.8, 4) is 0 Å². The van der Waals surface area contributed by atoms with Crippen LogP contribution in [0, 0.1) is 5.92 Å². The summed E-state index contributed by atoms with van der Waals surface area (Å²) >= 11 is 0. The van der Waals surface area contributed by atoms with E-state index in [2.05, 4.69) is 19.6 Å². The van der Waals surface area contributed by atoms with Crippen LogP contribution >= 0.6 is 0 Å². The molecule has 0 N–H and O–H groups in total. The Morgan fingerprint density at radius 1 is 1.50 bits per heavy atom. The highest BCUT2D eigenvalue weighted by atomic mass is 16.6. The predicted molar refractivity (Wildman–Crippen MR) is 79.0 cm³/mol. The smallest absolute Gasteiger partial charge is 0.334 e. The molecule has 0 radical (unpaired) electrons. The third kappa shape index (κ3) is 2.58. The second kappa shape index (κ2) is 5.23. The zero-order chi connectivity index (χ0) is 16.1. The van der Waals surface area contributed by atoms with Gasteiger partial charge in [-0.05, 0) is 38.7 Å². The van der Waals surface area contributed by atoms with Gasteiger partial charge in [0.05, 0.1) is 5.60 Å². The van der Waals surface area contributed by atoms with Gasteiger partial charge in [-0.25, -0.2) is 4.79 Å². The van der Waals surface area contributed by atoms with Crippen LogP contribution in [0.4, 0.5) is 0 Å². The molecule has 0 bridgehead atoms. The zero-order valence-corrected chi connectivity index (χ0v) is 13.3. The Morgan fingerprint density at radius 2 is 2.23 bits per heavy atom. The van der Waals surface area contributed by atoms with E-state index in [9.17, 15) is 9.59 Å². The van der Waals surface area contributed by atoms with Crippen molar-refractivity contribution in [1.29, 1.82) is 0 Å². The van der Waals surface area contributed by atoms with Gasteiger partial charge in [-0.15, -0.1) is 0 Å². The molecule has 1 unspecified atom stereocenters. The first-order valence-electron chi connectivity index (χ1n) is 7.73. The molecule has 0 saturated carbocycles. The van der Waals surface area contributed by atoms with Gasteiger partial charge in [0.1, 0.15) is 18.3 Å². The zero-order valence-electron chi connectivity index (χ0n) is 13.3. The number of carbonyl (C=O) groups is 2. The van der Waals surface area contributed by atoms with Gasteiger partial charge in [-0.1, -0.05) is 12.7 Å². The Hall–Kier alpha value is -1.62. The molecule has 1 aliphatic carbocycles. The monoisotopic (exact) mass is 306 g/mol. The van der Waals surface area contributed by atoms with Crippen molar-refractivity contribution in [2.24, 2.45) is 5.92 Å². The fourth-order valence-electron chi connectivity index (χ4n) is 3.53. The van der Waals surface area contributed by atoms with E-state index in [0.717, 1.165) is 18.4 Å². The number of carbonyl (C=O) groups excluding carboxylic acids is 2. The number of ether oxygens (including phenoxy) is 3. The highest BCUT2D eigenvalue weighted by Gasteiger charge is 2.61. The van der Waals surface area contributed by atoms with Gasteiger partial charge in [-0.3, -0.25) is 4.79 Å². The Labute approximate surface area is 130 Å². The lowest BCUT2D eigenvalue weighted by Crippen LogP contribution is -2.32. The molecule has 2 saturated heterocycles. The first-order chi connectivity index (χ1) is 10.3. The first kappa shape index (κ1) is 15.3. The van der Waals surface area contributed by atoms with E-state index in [1.807, 2.05) is 6.92 Å². The van der Waals surface area contributed by atoms with Crippen molar-refractivity contribution < 1.29 is 23.8 Å². The van der Waals surface area contributed by atoms with Crippen molar-refractivity contribution in [2.75, 3.05) is 0 Å². The van der Waals surface area contributed by atoms with Crippen LogP contribution in [0.15, 0.2) is 23.8 Å². The van der Waals surface area contributed by atoms with Gasteiger partial charge in [0.2, 0.25) is 0 Å². The molecule has 2 fully saturated rings. The lowest BCUT2D eigenvalue weighted by molar-refractivity contribution is -0.146. The molecule has 2 heterocycles. The standard InChI is InChI=1S/C17H22O5/c1-9-6-5-7-17(4)15(22-17)14-12(10(2)16(19)21-14)8-13(9)20-11(3)18/h6,12-15H,2,5,7-8H2,1,3-4H3/t12?,13-,14+,15-,17-/m1/s1. The van der Waals surface area contributed by atoms with Crippen LogP contribution in [0.25, 0.3) is 0 Å². The minimum Gasteiger partial charge on any atom is -0.458 e. The molecule has 5 heteroatoms. The average molecular weight is 306 g/mol. The molecule has 120 valence electrons. The van der Waals surface area contributed by atoms with Crippen molar-refractivity contribution in [1.82, 2.24) is 0 Å². The van der Waals surface area contributed by atoms with Gasteiger partial charge in [0.15, 0.2) is 0 Å². The number of rotatable bonds is 1. The summed E-state index contributed by atoms with van der Waals surface area (Å²) in [5.74, 6) is -0.866. The highest BCUT2D eigenvalue weighted by molar-refractivity contribution is 5.91. The Morgan fingerprint density at radius 3 is 2.91 bits per heavy atom. The lowest BCUT2D eigenvalue weighted by atomic mass is 9.83. The normalized spacial score (nSPS) is 41.0. The lowest BCUT2D eigenvalue weighted by Gasteiger charge is -2.25. The summed E-state index contributed by atoms with van der Waals surface area (Å²) < 4.78 is 16.8. The second-order valence-corrected chi connectivity index (χ2v) is 6.67. The predicted octanol–water partition coefficient (Wildman–Crippen LogP) is 2.30. The molecule has 0 spiro atoms. The largest absolute Gasteiger partial charge is 0.458 e. The maximum atomic E-state index is 11.9. The minimum absolute atomic E-state index is 0.0921. The molecule has 5 atom stereocenters. The third-order valence-corrected chi connectivity index (χ3v) is 4.98.